The van der Waals surface area contributed by atoms with Gasteiger partial charge >= 0.3 is 12.1 Å². The van der Waals surface area contributed by atoms with E-state index in [2.05, 4.69) is 6.07 Å². The van der Waals surface area contributed by atoms with Crippen molar-refractivity contribution in [2.75, 3.05) is 7.11 Å². The lowest BCUT2D eigenvalue weighted by Gasteiger charge is -2.23. The number of Topliss-reactive ketones (excluding diaryl/α,β-unsaturated/α-hetero) is 1. The molecule has 0 unspecified atom stereocenters. The number of aromatic nitrogens is 2. The third kappa shape index (κ3) is 8.15. The maximum Gasteiger partial charge on any atom is 0.490 e. The summed E-state index contributed by atoms with van der Waals surface area (Å²) in [5.74, 6) is -1.80. The number of halogens is 4. The van der Waals surface area contributed by atoms with Crippen LogP contribution in [0, 0.1) is 5.92 Å². The number of carbonyl (C=O) groups is 2. The summed E-state index contributed by atoms with van der Waals surface area (Å²) in [4.78, 5) is 21.2. The van der Waals surface area contributed by atoms with Crippen molar-refractivity contribution in [2.24, 2.45) is 5.92 Å². The SMILES string of the molecule is COc1cccc2c1c(CS(=O)(=O)c1ccc(Cl)s1)nn2Cc1cccc(CCC(=O)C2CCC2)c1.O=C(O)C(F)(F)F. The van der Waals surface area contributed by atoms with Gasteiger partial charge in [-0.3, -0.25) is 9.48 Å². The Bertz CT molecular complexity index is 1730. The quantitative estimate of drug-likeness (QED) is 0.202. The molecule has 0 aliphatic heterocycles. The van der Waals surface area contributed by atoms with Crippen LogP contribution in [-0.4, -0.2) is 48.3 Å². The number of carboxylic acid groups (broad SMARTS) is 1. The summed E-state index contributed by atoms with van der Waals surface area (Å²) in [6.07, 6.45) is -0.550. The summed E-state index contributed by atoms with van der Waals surface area (Å²) in [7, 11) is -2.06. The van der Waals surface area contributed by atoms with Crippen molar-refractivity contribution in [3.05, 3.63) is 75.8 Å². The first-order chi connectivity index (χ1) is 20.3. The van der Waals surface area contributed by atoms with Gasteiger partial charge in [0.25, 0.3) is 0 Å². The number of ether oxygens (including phenoxy) is 1. The van der Waals surface area contributed by atoms with Crippen molar-refractivity contribution < 1.29 is 41.0 Å². The molecule has 0 bridgehead atoms. The number of aryl methyl sites for hydroxylation is 1. The summed E-state index contributed by atoms with van der Waals surface area (Å²) >= 11 is 7.02. The molecular weight excluding hydrogens is 629 g/mol. The number of thiophene rings is 1. The van der Waals surface area contributed by atoms with Crippen LogP contribution in [-0.2, 0) is 38.1 Å². The predicted molar refractivity (Wildman–Crippen MR) is 156 cm³/mol. The lowest BCUT2D eigenvalue weighted by Crippen LogP contribution is -2.22. The van der Waals surface area contributed by atoms with E-state index in [1.807, 2.05) is 41.1 Å². The molecule has 2 aromatic heterocycles. The molecule has 8 nitrogen and oxygen atoms in total. The van der Waals surface area contributed by atoms with Crippen molar-refractivity contribution in [1.82, 2.24) is 9.78 Å². The Hall–Kier alpha value is -3.42. The molecule has 0 saturated heterocycles. The zero-order valence-electron chi connectivity index (χ0n) is 22.9. The van der Waals surface area contributed by atoms with E-state index < -0.39 is 22.0 Å². The third-order valence-corrected chi connectivity index (χ3v) is 10.4. The van der Waals surface area contributed by atoms with Crippen LogP contribution >= 0.6 is 22.9 Å². The highest BCUT2D eigenvalue weighted by Crippen LogP contribution is 2.34. The van der Waals surface area contributed by atoms with Gasteiger partial charge in [-0.15, -0.1) is 11.3 Å². The minimum Gasteiger partial charge on any atom is -0.496 e. The topological polar surface area (TPSA) is 116 Å². The second-order valence-corrected chi connectivity index (χ2v) is 13.9. The Balaban J connectivity index is 0.000000541. The summed E-state index contributed by atoms with van der Waals surface area (Å²) in [6, 6.07) is 16.9. The van der Waals surface area contributed by atoms with E-state index in [1.54, 1.807) is 13.2 Å². The van der Waals surface area contributed by atoms with E-state index in [4.69, 9.17) is 31.3 Å². The number of ketones is 1. The number of hydrogen-bond donors (Lipinski definition) is 1. The van der Waals surface area contributed by atoms with E-state index in [1.165, 1.54) is 12.5 Å². The monoisotopic (exact) mass is 656 g/mol. The normalized spacial score (nSPS) is 13.7. The van der Waals surface area contributed by atoms with Crippen molar-refractivity contribution in [3.63, 3.8) is 0 Å². The molecule has 1 saturated carbocycles. The molecule has 14 heteroatoms. The van der Waals surface area contributed by atoms with Crippen molar-refractivity contribution in [2.45, 2.75) is 54.8 Å². The Morgan fingerprint density at radius 3 is 2.37 bits per heavy atom. The average Bonchev–Trinajstić information content (AvgIpc) is 3.50. The van der Waals surface area contributed by atoms with E-state index >= 15 is 0 Å². The second kappa shape index (κ2) is 13.5. The largest absolute Gasteiger partial charge is 0.496 e. The van der Waals surface area contributed by atoms with E-state index in [-0.39, 0.29) is 15.9 Å². The van der Waals surface area contributed by atoms with Gasteiger partial charge in [0, 0.05) is 12.3 Å². The molecule has 230 valence electrons. The van der Waals surface area contributed by atoms with Crippen LogP contribution in [0.3, 0.4) is 0 Å². The average molecular weight is 657 g/mol. The number of methoxy groups -OCH3 is 1. The number of carbonyl (C=O) groups excluding carboxylic acids is 1. The Kier molecular flexibility index (Phi) is 10.2. The number of carboxylic acids is 1. The Morgan fingerprint density at radius 2 is 1.79 bits per heavy atom. The van der Waals surface area contributed by atoms with Crippen LogP contribution in [0.25, 0.3) is 10.9 Å². The lowest BCUT2D eigenvalue weighted by atomic mass is 9.80. The number of nitrogens with zero attached hydrogens (tertiary/aromatic N) is 2. The smallest absolute Gasteiger partial charge is 0.490 e. The maximum atomic E-state index is 13.1. The predicted octanol–water partition coefficient (Wildman–Crippen LogP) is 6.72. The molecule has 1 aliphatic carbocycles. The number of rotatable bonds is 10. The highest BCUT2D eigenvalue weighted by Gasteiger charge is 2.38. The summed E-state index contributed by atoms with van der Waals surface area (Å²) in [5.41, 5.74) is 3.39. The van der Waals surface area contributed by atoms with Crippen LogP contribution in [0.5, 0.6) is 5.75 Å². The minimum absolute atomic E-state index is 0.217. The molecule has 2 aromatic carbocycles. The first kappa shape index (κ1) is 32.5. The van der Waals surface area contributed by atoms with Gasteiger partial charge in [-0.2, -0.15) is 18.3 Å². The van der Waals surface area contributed by atoms with Gasteiger partial charge in [0.2, 0.25) is 0 Å². The fraction of sp³-hybridized carbons (Fsp3) is 0.345. The number of benzene rings is 2. The molecule has 5 rings (SSSR count). The zero-order valence-corrected chi connectivity index (χ0v) is 25.3. The molecular formula is C29H28ClF3N2O6S2. The molecule has 0 spiro atoms. The molecule has 1 aliphatic rings. The second-order valence-electron chi connectivity index (χ2n) is 9.99. The standard InChI is InChI=1S/C27H27ClN2O4S2.C2HF3O2/c1-34-24-10-4-9-22-27(24)21(17-36(32,33)26-14-13-25(28)35-26)29-30(22)16-19-6-2-5-18(15-19)11-12-23(31)20-7-3-8-20;3-2(4,5)1(6)7/h2,4-6,9-10,13-15,20H,3,7-8,11-12,16-17H2,1H3;(H,6,7). The molecule has 43 heavy (non-hydrogen) atoms. The van der Waals surface area contributed by atoms with Crippen molar-refractivity contribution in [1.29, 1.82) is 0 Å². The van der Waals surface area contributed by atoms with Gasteiger partial charge in [-0.25, -0.2) is 13.2 Å². The van der Waals surface area contributed by atoms with Crippen molar-refractivity contribution in [3.8, 4) is 5.75 Å². The highest BCUT2D eigenvalue weighted by molar-refractivity contribution is 7.92. The van der Waals surface area contributed by atoms with Crippen LogP contribution in [0.1, 0.15) is 42.5 Å². The fourth-order valence-corrected chi connectivity index (χ4v) is 7.49. The first-order valence-electron chi connectivity index (χ1n) is 13.2. The van der Waals surface area contributed by atoms with E-state index in [9.17, 15) is 26.4 Å². The molecule has 2 heterocycles. The zero-order chi connectivity index (χ0) is 31.4. The van der Waals surface area contributed by atoms with Gasteiger partial charge in [-0.1, -0.05) is 48.4 Å². The molecule has 0 radical (unpaired) electrons. The van der Waals surface area contributed by atoms with Gasteiger partial charge < -0.3 is 9.84 Å². The summed E-state index contributed by atoms with van der Waals surface area (Å²) < 4.78 is 66.0. The first-order valence-corrected chi connectivity index (χ1v) is 16.0. The highest BCUT2D eigenvalue weighted by atomic mass is 35.5. The molecule has 0 atom stereocenters. The van der Waals surface area contributed by atoms with Gasteiger partial charge in [0.05, 0.1) is 34.6 Å². The molecule has 0 amide bonds. The Morgan fingerprint density at radius 1 is 1.12 bits per heavy atom. The van der Waals surface area contributed by atoms with E-state index in [0.717, 1.165) is 47.2 Å². The van der Waals surface area contributed by atoms with Crippen LogP contribution in [0.4, 0.5) is 13.2 Å². The van der Waals surface area contributed by atoms with E-state index in [0.29, 0.717) is 39.9 Å². The van der Waals surface area contributed by atoms with Crippen LogP contribution in [0.15, 0.2) is 58.8 Å². The fourth-order valence-electron chi connectivity index (χ4n) is 4.64. The molecule has 1 N–H and O–H groups in total. The third-order valence-electron chi connectivity index (χ3n) is 7.00. The van der Waals surface area contributed by atoms with Crippen LogP contribution < -0.4 is 4.74 Å². The van der Waals surface area contributed by atoms with Gasteiger partial charge in [-0.05, 0) is 54.7 Å². The lowest BCUT2D eigenvalue weighted by molar-refractivity contribution is -0.192. The Labute approximate surface area is 255 Å². The number of fused-ring (bicyclic) bond motifs is 1. The summed E-state index contributed by atoms with van der Waals surface area (Å²) in [6.45, 7) is 0.471. The van der Waals surface area contributed by atoms with Crippen molar-refractivity contribution >= 4 is 55.4 Å². The van der Waals surface area contributed by atoms with Gasteiger partial charge in [0.1, 0.15) is 21.5 Å². The maximum absolute atomic E-state index is 13.1. The number of hydrogen-bond acceptors (Lipinski definition) is 7. The number of sulfone groups is 1. The molecule has 1 fully saturated rings. The minimum atomic E-state index is -5.08. The number of aliphatic carboxylic acids is 1. The summed E-state index contributed by atoms with van der Waals surface area (Å²) in [5, 5.41) is 12.5. The van der Waals surface area contributed by atoms with Crippen LogP contribution in [0.2, 0.25) is 4.34 Å². The molecule has 4 aromatic rings. The van der Waals surface area contributed by atoms with Gasteiger partial charge in [0.15, 0.2) is 9.84 Å². The number of alkyl halides is 3.